The molecule has 3 aliphatic carbocycles. The molecule has 0 saturated heterocycles. The summed E-state index contributed by atoms with van der Waals surface area (Å²) in [6, 6.07) is 10.2. The number of rotatable bonds is 4. The summed E-state index contributed by atoms with van der Waals surface area (Å²) in [6.07, 6.45) is 9.07. The lowest BCUT2D eigenvalue weighted by Crippen LogP contribution is -2.59. The van der Waals surface area contributed by atoms with E-state index >= 15 is 0 Å². The first-order chi connectivity index (χ1) is 15.7. The number of hydrogen-bond donors (Lipinski definition) is 2. The Morgan fingerprint density at radius 3 is 2.67 bits per heavy atom. The van der Waals surface area contributed by atoms with Crippen molar-refractivity contribution in [3.8, 4) is 0 Å². The monoisotopic (exact) mass is 450 g/mol. The molecule has 0 aromatic heterocycles. The Balaban J connectivity index is 1.29. The minimum absolute atomic E-state index is 0.00298. The molecular formula is C28H38N2O3. The van der Waals surface area contributed by atoms with E-state index < -0.39 is 6.10 Å². The van der Waals surface area contributed by atoms with Crippen molar-refractivity contribution in [1.29, 1.82) is 0 Å². The van der Waals surface area contributed by atoms with Gasteiger partial charge in [0.1, 0.15) is 0 Å². The van der Waals surface area contributed by atoms with Crippen molar-refractivity contribution in [3.05, 3.63) is 48.0 Å². The molecule has 3 fully saturated rings. The first-order valence-corrected chi connectivity index (χ1v) is 12.7. The fraction of sp³-hybridized carbons (Fsp3) is 0.643. The highest BCUT2D eigenvalue weighted by molar-refractivity contribution is 5.89. The molecule has 1 aromatic carbocycles. The fourth-order valence-electron chi connectivity index (χ4n) is 8.19. The summed E-state index contributed by atoms with van der Waals surface area (Å²) < 4.78 is 0. The Morgan fingerprint density at radius 1 is 1.15 bits per heavy atom. The van der Waals surface area contributed by atoms with Crippen molar-refractivity contribution in [2.45, 2.75) is 71.1 Å². The Morgan fingerprint density at radius 2 is 1.91 bits per heavy atom. The summed E-state index contributed by atoms with van der Waals surface area (Å²) in [4.78, 5) is 27.0. The van der Waals surface area contributed by atoms with E-state index in [-0.39, 0.29) is 34.6 Å². The summed E-state index contributed by atoms with van der Waals surface area (Å²) in [5.41, 5.74) is 0.980. The Bertz CT molecular complexity index is 946. The van der Waals surface area contributed by atoms with Crippen LogP contribution >= 0.6 is 0 Å². The van der Waals surface area contributed by atoms with Gasteiger partial charge in [0.05, 0.1) is 6.10 Å². The number of likely N-dealkylation sites (N-methyl/N-ethyl adjacent to an activating group) is 1. The molecule has 1 heterocycles. The standard InChI is InChI=1S/C28H38N2O3/c1-27-14-12-25(32)30(3)23(27)10-9-20-21(27)11-13-28(2)22(20)15-19(26(28)33)16-24(31)29-17-18-7-5-4-6-8-18/h4-8,12,14,19-23,26,33H,9-11,13,15-17H2,1-3H3,(H,29,31)/t19?,20-,21-,22+,23?,26?,27-,28+/m1/s1. The number of carbonyl (C=O) groups excluding carboxylic acids is 2. The van der Waals surface area contributed by atoms with Gasteiger partial charge in [-0.25, -0.2) is 0 Å². The third kappa shape index (κ3) is 3.63. The van der Waals surface area contributed by atoms with E-state index in [2.05, 4.69) is 25.2 Å². The summed E-state index contributed by atoms with van der Waals surface area (Å²) in [5.74, 6) is 1.68. The number of hydrogen-bond acceptors (Lipinski definition) is 3. The highest BCUT2D eigenvalue weighted by Gasteiger charge is 2.62. The van der Waals surface area contributed by atoms with E-state index in [1.165, 1.54) is 0 Å². The maximum absolute atomic E-state index is 12.7. The van der Waals surface area contributed by atoms with Gasteiger partial charge < -0.3 is 15.3 Å². The fourth-order valence-corrected chi connectivity index (χ4v) is 8.19. The molecule has 2 N–H and O–H groups in total. The zero-order valence-electron chi connectivity index (χ0n) is 20.2. The van der Waals surface area contributed by atoms with Crippen molar-refractivity contribution in [3.63, 3.8) is 0 Å². The highest BCUT2D eigenvalue weighted by Crippen LogP contribution is 2.65. The van der Waals surface area contributed by atoms with Crippen molar-refractivity contribution in [1.82, 2.24) is 10.2 Å². The second-order valence-electron chi connectivity index (χ2n) is 11.6. The van der Waals surface area contributed by atoms with Crippen LogP contribution in [0.25, 0.3) is 0 Å². The van der Waals surface area contributed by atoms with Crippen LogP contribution in [-0.2, 0) is 16.1 Å². The van der Waals surface area contributed by atoms with Gasteiger partial charge in [-0.15, -0.1) is 0 Å². The van der Waals surface area contributed by atoms with E-state index in [1.54, 1.807) is 6.08 Å². The number of carbonyl (C=O) groups is 2. The van der Waals surface area contributed by atoms with E-state index in [0.29, 0.717) is 30.7 Å². The van der Waals surface area contributed by atoms with Gasteiger partial charge in [0, 0.05) is 31.5 Å². The molecule has 1 aliphatic heterocycles. The molecule has 178 valence electrons. The third-order valence-electron chi connectivity index (χ3n) is 10.0. The van der Waals surface area contributed by atoms with Crippen LogP contribution in [0.15, 0.2) is 42.5 Å². The smallest absolute Gasteiger partial charge is 0.246 e. The molecule has 5 nitrogen and oxygen atoms in total. The SMILES string of the molecule is CN1C(=O)C=C[C@@]2(C)C1CC[C@@H]1[C@H]2CC[C@]2(C)C(O)C(CC(=O)NCc3ccccc3)C[C@@H]12. The molecule has 1 aromatic rings. The number of nitrogens with zero attached hydrogens (tertiary/aromatic N) is 1. The predicted molar refractivity (Wildman–Crippen MR) is 128 cm³/mol. The first-order valence-electron chi connectivity index (χ1n) is 12.7. The van der Waals surface area contributed by atoms with Crippen LogP contribution < -0.4 is 5.32 Å². The van der Waals surface area contributed by atoms with E-state index in [1.807, 2.05) is 42.3 Å². The van der Waals surface area contributed by atoms with Crippen LogP contribution in [0, 0.1) is 34.5 Å². The molecule has 8 atom stereocenters. The quantitative estimate of drug-likeness (QED) is 0.731. The second-order valence-corrected chi connectivity index (χ2v) is 11.6. The van der Waals surface area contributed by atoms with Gasteiger partial charge in [0.25, 0.3) is 0 Å². The number of amides is 2. The average molecular weight is 451 g/mol. The molecule has 5 rings (SSSR count). The summed E-state index contributed by atoms with van der Waals surface area (Å²) >= 11 is 0. The lowest BCUT2D eigenvalue weighted by molar-refractivity contribution is -0.140. The van der Waals surface area contributed by atoms with Gasteiger partial charge in [-0.2, -0.15) is 0 Å². The van der Waals surface area contributed by atoms with Crippen molar-refractivity contribution >= 4 is 11.8 Å². The highest BCUT2D eigenvalue weighted by atomic mass is 16.3. The Hall–Kier alpha value is -2.14. The normalized spacial score (nSPS) is 41.8. The number of aliphatic hydroxyl groups excluding tert-OH is 1. The maximum Gasteiger partial charge on any atom is 0.246 e. The van der Waals surface area contributed by atoms with Gasteiger partial charge in [-0.05, 0) is 72.8 Å². The first kappa shape index (κ1) is 22.6. The van der Waals surface area contributed by atoms with E-state index in [9.17, 15) is 14.7 Å². The van der Waals surface area contributed by atoms with Gasteiger partial charge >= 0.3 is 0 Å². The van der Waals surface area contributed by atoms with Crippen LogP contribution in [0.4, 0.5) is 0 Å². The molecule has 0 spiro atoms. The van der Waals surface area contributed by atoms with Crippen LogP contribution in [0.5, 0.6) is 0 Å². The van der Waals surface area contributed by atoms with Crippen molar-refractivity contribution in [2.24, 2.45) is 34.5 Å². The molecule has 3 unspecified atom stereocenters. The minimum atomic E-state index is -0.428. The summed E-state index contributed by atoms with van der Waals surface area (Å²) in [7, 11) is 1.95. The predicted octanol–water partition coefficient (Wildman–Crippen LogP) is 3.92. The lowest BCUT2D eigenvalue weighted by atomic mass is 9.48. The molecular weight excluding hydrogens is 412 g/mol. The topological polar surface area (TPSA) is 69.6 Å². The molecule has 4 aliphatic rings. The van der Waals surface area contributed by atoms with E-state index in [0.717, 1.165) is 37.7 Å². The number of benzene rings is 1. The number of aliphatic hydroxyl groups is 1. The average Bonchev–Trinajstić information content (AvgIpc) is 3.06. The number of nitrogens with one attached hydrogen (secondary N) is 1. The van der Waals surface area contributed by atoms with Gasteiger partial charge in [-0.3, -0.25) is 9.59 Å². The van der Waals surface area contributed by atoms with Crippen LogP contribution in [-0.4, -0.2) is 41.0 Å². The van der Waals surface area contributed by atoms with Crippen LogP contribution in [0.2, 0.25) is 0 Å². The lowest BCUT2D eigenvalue weighted by Gasteiger charge is -2.60. The Kier molecular flexibility index (Phi) is 5.67. The van der Waals surface area contributed by atoms with Crippen LogP contribution in [0.3, 0.4) is 0 Å². The Labute approximate surface area is 197 Å². The molecule has 33 heavy (non-hydrogen) atoms. The summed E-state index contributed by atoms with van der Waals surface area (Å²) in [6.45, 7) is 5.14. The zero-order valence-corrected chi connectivity index (χ0v) is 20.2. The van der Waals surface area contributed by atoms with E-state index in [4.69, 9.17) is 0 Å². The van der Waals surface area contributed by atoms with Gasteiger partial charge in [0.15, 0.2) is 0 Å². The van der Waals surface area contributed by atoms with Gasteiger partial charge in [0.2, 0.25) is 11.8 Å². The molecule has 3 saturated carbocycles. The maximum atomic E-state index is 12.7. The minimum Gasteiger partial charge on any atom is -0.392 e. The second kappa shape index (κ2) is 8.26. The summed E-state index contributed by atoms with van der Waals surface area (Å²) in [5, 5.41) is 14.4. The van der Waals surface area contributed by atoms with Gasteiger partial charge in [-0.1, -0.05) is 50.3 Å². The van der Waals surface area contributed by atoms with Crippen molar-refractivity contribution in [2.75, 3.05) is 7.05 Å². The largest absolute Gasteiger partial charge is 0.392 e. The molecule has 2 amide bonds. The third-order valence-corrected chi connectivity index (χ3v) is 10.0. The molecule has 5 heteroatoms. The van der Waals surface area contributed by atoms with Crippen molar-refractivity contribution < 1.29 is 14.7 Å². The molecule has 0 radical (unpaired) electrons. The zero-order chi connectivity index (χ0) is 23.4. The van der Waals surface area contributed by atoms with Crippen LogP contribution in [0.1, 0.15) is 57.9 Å². The molecule has 0 bridgehead atoms. The number of fused-ring (bicyclic) bond motifs is 5.